The summed E-state index contributed by atoms with van der Waals surface area (Å²) in [5.41, 5.74) is 8.91. The Labute approximate surface area is 164 Å². The number of hydrogen-bond acceptors (Lipinski definition) is 4. The highest BCUT2D eigenvalue weighted by atomic mass is 16.5. The molecule has 4 heteroatoms. The molecule has 3 aromatic rings. The number of fused-ring (bicyclic) bond motifs is 1. The summed E-state index contributed by atoms with van der Waals surface area (Å²) in [6, 6.07) is 23.7. The van der Waals surface area contributed by atoms with Gasteiger partial charge in [-0.2, -0.15) is 5.10 Å². The molecule has 1 heterocycles. The normalized spacial score (nSPS) is 12.4. The number of allylic oxidation sites excluding steroid dienone is 1. The van der Waals surface area contributed by atoms with Crippen molar-refractivity contribution in [2.75, 3.05) is 6.61 Å². The molecule has 0 radical (unpaired) electrons. The Kier molecular flexibility index (Phi) is 5.11. The molecule has 0 fully saturated rings. The van der Waals surface area contributed by atoms with Crippen LogP contribution in [0.1, 0.15) is 29.2 Å². The van der Waals surface area contributed by atoms with E-state index in [1.807, 2.05) is 72.8 Å². The molecule has 0 aromatic heterocycles. The Morgan fingerprint density at radius 3 is 2.25 bits per heavy atom. The van der Waals surface area contributed by atoms with Gasteiger partial charge in [-0.25, -0.2) is 0 Å². The zero-order valence-electron chi connectivity index (χ0n) is 15.7. The van der Waals surface area contributed by atoms with Gasteiger partial charge in [0.25, 0.3) is 0 Å². The first-order valence-corrected chi connectivity index (χ1v) is 9.30. The fourth-order valence-electron chi connectivity index (χ4n) is 3.31. The molecule has 0 bridgehead atoms. The molecule has 0 aliphatic carbocycles. The number of phenols is 1. The van der Waals surface area contributed by atoms with Crippen molar-refractivity contribution in [3.8, 4) is 11.5 Å². The molecular weight excluding hydrogens is 348 g/mol. The molecule has 2 N–H and O–H groups in total. The van der Waals surface area contributed by atoms with Crippen LogP contribution >= 0.6 is 0 Å². The lowest BCUT2D eigenvalue weighted by Crippen LogP contribution is -2.15. The van der Waals surface area contributed by atoms with Crippen LogP contribution in [0.25, 0.3) is 5.57 Å². The SMILES string of the molecule is CC1=CCOc2c1ccc(O)c2CNN=C(c1ccccc1)c1ccccc1. The van der Waals surface area contributed by atoms with E-state index in [4.69, 9.17) is 4.74 Å². The number of hydrogen-bond donors (Lipinski definition) is 2. The fourth-order valence-corrected chi connectivity index (χ4v) is 3.31. The summed E-state index contributed by atoms with van der Waals surface area (Å²) in [6.07, 6.45) is 2.04. The van der Waals surface area contributed by atoms with Crippen LogP contribution < -0.4 is 10.2 Å². The maximum atomic E-state index is 10.4. The lowest BCUT2D eigenvalue weighted by Gasteiger charge is -2.20. The van der Waals surface area contributed by atoms with E-state index in [-0.39, 0.29) is 5.75 Å². The number of ether oxygens (including phenoxy) is 1. The van der Waals surface area contributed by atoms with Crippen LogP contribution in [0, 0.1) is 0 Å². The third-order valence-corrected chi connectivity index (χ3v) is 4.82. The smallest absolute Gasteiger partial charge is 0.136 e. The topological polar surface area (TPSA) is 53.9 Å². The molecule has 3 aromatic carbocycles. The average molecular weight is 370 g/mol. The van der Waals surface area contributed by atoms with Crippen molar-refractivity contribution in [1.82, 2.24) is 5.43 Å². The Morgan fingerprint density at radius 2 is 1.61 bits per heavy atom. The van der Waals surface area contributed by atoms with Gasteiger partial charge < -0.3 is 15.3 Å². The minimum absolute atomic E-state index is 0.206. The second-order valence-electron chi connectivity index (χ2n) is 6.67. The van der Waals surface area contributed by atoms with E-state index in [9.17, 15) is 5.11 Å². The molecule has 1 aliphatic heterocycles. The van der Waals surface area contributed by atoms with Gasteiger partial charge in [-0.15, -0.1) is 0 Å². The van der Waals surface area contributed by atoms with E-state index in [1.165, 1.54) is 0 Å². The summed E-state index contributed by atoms with van der Waals surface area (Å²) >= 11 is 0. The Hall–Kier alpha value is -3.53. The lowest BCUT2D eigenvalue weighted by atomic mass is 10.00. The minimum Gasteiger partial charge on any atom is -0.507 e. The van der Waals surface area contributed by atoms with Crippen LogP contribution in [-0.2, 0) is 6.54 Å². The van der Waals surface area contributed by atoms with E-state index >= 15 is 0 Å². The highest BCUT2D eigenvalue weighted by Crippen LogP contribution is 2.37. The number of nitrogens with zero attached hydrogens (tertiary/aromatic N) is 1. The predicted molar refractivity (Wildman–Crippen MR) is 113 cm³/mol. The third-order valence-electron chi connectivity index (χ3n) is 4.82. The van der Waals surface area contributed by atoms with Crippen molar-refractivity contribution in [3.63, 3.8) is 0 Å². The molecule has 140 valence electrons. The van der Waals surface area contributed by atoms with Crippen LogP contribution in [0.2, 0.25) is 0 Å². The second-order valence-corrected chi connectivity index (χ2v) is 6.67. The first-order valence-electron chi connectivity index (χ1n) is 9.30. The summed E-state index contributed by atoms with van der Waals surface area (Å²) in [5.74, 6) is 0.931. The van der Waals surface area contributed by atoms with Crippen molar-refractivity contribution < 1.29 is 9.84 Å². The molecule has 0 atom stereocenters. The van der Waals surface area contributed by atoms with Gasteiger partial charge >= 0.3 is 0 Å². The molecule has 28 heavy (non-hydrogen) atoms. The predicted octanol–water partition coefficient (Wildman–Crippen LogP) is 4.73. The van der Waals surface area contributed by atoms with Crippen molar-refractivity contribution in [3.05, 3.63) is 101 Å². The first kappa shape index (κ1) is 17.9. The summed E-state index contributed by atoms with van der Waals surface area (Å²) in [4.78, 5) is 0. The lowest BCUT2D eigenvalue weighted by molar-refractivity contribution is 0.347. The fraction of sp³-hybridized carbons (Fsp3) is 0.125. The summed E-state index contributed by atoms with van der Waals surface area (Å²) in [7, 11) is 0. The van der Waals surface area contributed by atoms with Crippen molar-refractivity contribution in [2.24, 2.45) is 5.10 Å². The van der Waals surface area contributed by atoms with Crippen LogP contribution in [0.3, 0.4) is 0 Å². The maximum Gasteiger partial charge on any atom is 0.136 e. The van der Waals surface area contributed by atoms with E-state index in [0.29, 0.717) is 18.7 Å². The number of aromatic hydroxyl groups is 1. The van der Waals surface area contributed by atoms with Crippen LogP contribution in [0.5, 0.6) is 11.5 Å². The van der Waals surface area contributed by atoms with E-state index in [0.717, 1.165) is 33.7 Å². The molecule has 0 amide bonds. The average Bonchev–Trinajstić information content (AvgIpc) is 2.74. The van der Waals surface area contributed by atoms with Gasteiger partial charge in [0, 0.05) is 16.7 Å². The van der Waals surface area contributed by atoms with E-state index in [2.05, 4.69) is 17.5 Å². The molecule has 1 aliphatic rings. The molecule has 0 unspecified atom stereocenters. The Balaban J connectivity index is 1.64. The van der Waals surface area contributed by atoms with Crippen molar-refractivity contribution in [1.29, 1.82) is 0 Å². The van der Waals surface area contributed by atoms with Crippen LogP contribution in [0.15, 0.2) is 84.0 Å². The number of benzene rings is 3. The van der Waals surface area contributed by atoms with Crippen LogP contribution in [0.4, 0.5) is 0 Å². The van der Waals surface area contributed by atoms with Gasteiger partial charge in [0.05, 0.1) is 17.8 Å². The standard InChI is InChI=1S/C24H22N2O2/c1-17-14-15-28-24-20(17)12-13-22(27)21(24)16-25-26-23(18-8-4-2-5-9-18)19-10-6-3-7-11-19/h2-14,25,27H,15-16H2,1H3. The van der Waals surface area contributed by atoms with E-state index < -0.39 is 0 Å². The number of rotatable bonds is 5. The molecular formula is C24H22N2O2. The molecule has 4 nitrogen and oxygen atoms in total. The monoisotopic (exact) mass is 370 g/mol. The molecule has 4 rings (SSSR count). The Bertz CT molecular complexity index is 984. The Morgan fingerprint density at radius 1 is 0.964 bits per heavy atom. The molecule has 0 saturated heterocycles. The third kappa shape index (κ3) is 3.62. The quantitative estimate of drug-likeness (QED) is 0.504. The van der Waals surface area contributed by atoms with Gasteiger partial charge in [0.15, 0.2) is 0 Å². The maximum absolute atomic E-state index is 10.4. The zero-order valence-corrected chi connectivity index (χ0v) is 15.7. The zero-order chi connectivity index (χ0) is 19.3. The highest BCUT2D eigenvalue weighted by molar-refractivity contribution is 6.12. The van der Waals surface area contributed by atoms with Crippen LogP contribution in [-0.4, -0.2) is 17.4 Å². The van der Waals surface area contributed by atoms with Gasteiger partial charge in [-0.3, -0.25) is 0 Å². The molecule has 0 saturated carbocycles. The second kappa shape index (κ2) is 8.01. The van der Waals surface area contributed by atoms with Crippen molar-refractivity contribution >= 4 is 11.3 Å². The summed E-state index contributed by atoms with van der Waals surface area (Å²) in [5, 5.41) is 15.0. The van der Waals surface area contributed by atoms with Gasteiger partial charge in [0.1, 0.15) is 18.1 Å². The first-order chi connectivity index (χ1) is 13.7. The minimum atomic E-state index is 0.206. The number of phenolic OH excluding ortho intramolecular Hbond substituents is 1. The molecule has 0 spiro atoms. The highest BCUT2D eigenvalue weighted by Gasteiger charge is 2.18. The largest absolute Gasteiger partial charge is 0.507 e. The number of hydrazone groups is 1. The summed E-state index contributed by atoms with van der Waals surface area (Å²) < 4.78 is 5.81. The summed E-state index contributed by atoms with van der Waals surface area (Å²) in [6.45, 7) is 2.93. The number of nitrogens with one attached hydrogen (secondary N) is 1. The van der Waals surface area contributed by atoms with Crippen molar-refractivity contribution in [2.45, 2.75) is 13.5 Å². The van der Waals surface area contributed by atoms with Gasteiger partial charge in [-0.1, -0.05) is 60.7 Å². The van der Waals surface area contributed by atoms with Gasteiger partial charge in [-0.05, 0) is 30.7 Å². The van der Waals surface area contributed by atoms with E-state index in [1.54, 1.807) is 6.07 Å². The van der Waals surface area contributed by atoms with Gasteiger partial charge in [0.2, 0.25) is 0 Å².